The maximum atomic E-state index is 13.3. The fourth-order valence-corrected chi connectivity index (χ4v) is 5.59. The Morgan fingerprint density at radius 3 is 2.84 bits per heavy atom. The summed E-state index contributed by atoms with van der Waals surface area (Å²) in [6.45, 7) is 4.53. The molecule has 0 spiro atoms. The summed E-state index contributed by atoms with van der Waals surface area (Å²) in [6.07, 6.45) is 0.720. The summed E-state index contributed by atoms with van der Waals surface area (Å²) in [6, 6.07) is 4.88. The van der Waals surface area contributed by atoms with Crippen molar-refractivity contribution in [1.29, 1.82) is 0 Å². The molecule has 0 radical (unpaired) electrons. The number of hydrogen-bond acceptors (Lipinski definition) is 3. The maximum Gasteiger partial charge on any atom is 0.123 e. The van der Waals surface area contributed by atoms with Gasteiger partial charge in [0.25, 0.3) is 0 Å². The third kappa shape index (κ3) is 4.13. The highest BCUT2D eigenvalue weighted by atomic mass is 79.9. The molecule has 5 heteroatoms. The Morgan fingerprint density at radius 1 is 1.42 bits per heavy atom. The van der Waals surface area contributed by atoms with Gasteiger partial charge in [-0.25, -0.2) is 4.39 Å². The molecule has 1 nitrogen and oxygen atoms in total. The van der Waals surface area contributed by atoms with E-state index in [0.29, 0.717) is 15.7 Å². The predicted molar refractivity (Wildman–Crippen MR) is 88.5 cm³/mol. The average molecular weight is 364 g/mol. The molecule has 4 atom stereocenters. The summed E-state index contributed by atoms with van der Waals surface area (Å²) in [5.41, 5.74) is 7.29. The molecule has 1 aliphatic heterocycles. The Kier molecular flexibility index (Phi) is 5.64. The molecule has 19 heavy (non-hydrogen) atoms. The van der Waals surface area contributed by atoms with Crippen LogP contribution in [-0.2, 0) is 6.42 Å². The second kappa shape index (κ2) is 6.83. The van der Waals surface area contributed by atoms with Crippen LogP contribution in [-0.4, -0.2) is 27.5 Å². The topological polar surface area (TPSA) is 26.0 Å². The Hall–Kier alpha value is 0.290. The van der Waals surface area contributed by atoms with E-state index >= 15 is 0 Å². The van der Waals surface area contributed by atoms with E-state index in [0.717, 1.165) is 22.2 Å². The Bertz CT molecular complexity index is 443. The summed E-state index contributed by atoms with van der Waals surface area (Å²) < 4.78 is 14.2. The van der Waals surface area contributed by atoms with Crippen LogP contribution < -0.4 is 5.73 Å². The first kappa shape index (κ1) is 15.7. The number of hydrogen-bond donors (Lipinski definition) is 1. The third-order valence-electron chi connectivity index (χ3n) is 3.51. The van der Waals surface area contributed by atoms with Crippen LogP contribution in [0.2, 0.25) is 0 Å². The van der Waals surface area contributed by atoms with E-state index in [9.17, 15) is 4.39 Å². The van der Waals surface area contributed by atoms with Gasteiger partial charge in [0.05, 0.1) is 0 Å². The fraction of sp³-hybridized carbons (Fsp3) is 0.571. The molecule has 1 aromatic carbocycles. The molecule has 1 saturated heterocycles. The summed E-state index contributed by atoms with van der Waals surface area (Å²) in [5.74, 6) is 0.891. The normalized spacial score (nSPS) is 29.2. The van der Waals surface area contributed by atoms with Crippen LogP contribution in [0.15, 0.2) is 22.7 Å². The number of rotatable bonds is 3. The molecule has 2 N–H and O–H groups in total. The van der Waals surface area contributed by atoms with Crippen molar-refractivity contribution in [2.75, 3.05) is 5.75 Å². The van der Waals surface area contributed by atoms with Crippen LogP contribution in [0.5, 0.6) is 0 Å². The van der Waals surface area contributed by atoms with E-state index in [1.807, 2.05) is 23.5 Å². The molecule has 1 aliphatic rings. The number of benzene rings is 1. The van der Waals surface area contributed by atoms with Crippen LogP contribution in [0.3, 0.4) is 0 Å². The second-order valence-electron chi connectivity index (χ2n) is 5.02. The van der Waals surface area contributed by atoms with Crippen molar-refractivity contribution in [2.45, 2.75) is 42.1 Å². The zero-order valence-electron chi connectivity index (χ0n) is 11.1. The van der Waals surface area contributed by atoms with Crippen molar-refractivity contribution in [3.05, 3.63) is 34.1 Å². The quantitative estimate of drug-likeness (QED) is 0.875. The zero-order valence-corrected chi connectivity index (χ0v) is 14.3. The van der Waals surface area contributed by atoms with E-state index in [4.69, 9.17) is 5.73 Å². The third-order valence-corrected chi connectivity index (χ3v) is 7.86. The molecule has 106 valence electrons. The lowest BCUT2D eigenvalue weighted by Crippen LogP contribution is -2.41. The van der Waals surface area contributed by atoms with Crippen LogP contribution in [0.25, 0.3) is 0 Å². The van der Waals surface area contributed by atoms with E-state index in [1.54, 1.807) is 12.1 Å². The summed E-state index contributed by atoms with van der Waals surface area (Å²) in [7, 11) is 0. The minimum atomic E-state index is -0.196. The molecule has 2 rings (SSSR count). The molecular formula is C14H19BrFNS2. The number of halogens is 2. The summed E-state index contributed by atoms with van der Waals surface area (Å²) in [5, 5.41) is 1.77. The van der Waals surface area contributed by atoms with E-state index in [1.165, 1.54) is 6.07 Å². The van der Waals surface area contributed by atoms with Gasteiger partial charge >= 0.3 is 0 Å². The van der Waals surface area contributed by atoms with Gasteiger partial charge in [0.2, 0.25) is 0 Å². The lowest BCUT2D eigenvalue weighted by Gasteiger charge is -2.34. The van der Waals surface area contributed by atoms with Crippen molar-refractivity contribution in [3.8, 4) is 0 Å². The molecular weight excluding hydrogens is 345 g/mol. The summed E-state index contributed by atoms with van der Waals surface area (Å²) >= 11 is 7.44. The van der Waals surface area contributed by atoms with E-state index < -0.39 is 0 Å². The molecule has 0 amide bonds. The zero-order chi connectivity index (χ0) is 14.0. The largest absolute Gasteiger partial charge is 0.326 e. The van der Waals surface area contributed by atoms with E-state index in [-0.39, 0.29) is 11.9 Å². The molecule has 0 aliphatic carbocycles. The second-order valence-corrected chi connectivity index (χ2v) is 8.91. The van der Waals surface area contributed by atoms with Crippen molar-refractivity contribution >= 4 is 39.5 Å². The van der Waals surface area contributed by atoms with Gasteiger partial charge in [-0.3, -0.25) is 0 Å². The molecule has 1 heterocycles. The molecule has 1 fully saturated rings. The summed E-state index contributed by atoms with van der Waals surface area (Å²) in [4.78, 5) is 0. The predicted octanol–water partition coefficient (Wildman–Crippen LogP) is 4.08. The van der Waals surface area contributed by atoms with Gasteiger partial charge in [-0.05, 0) is 30.2 Å². The van der Waals surface area contributed by atoms with Gasteiger partial charge in [0.15, 0.2) is 0 Å². The van der Waals surface area contributed by atoms with Gasteiger partial charge in [0, 0.05) is 32.0 Å². The smallest absolute Gasteiger partial charge is 0.123 e. The Labute approximate surface area is 131 Å². The van der Waals surface area contributed by atoms with Crippen molar-refractivity contribution in [2.24, 2.45) is 5.73 Å². The van der Waals surface area contributed by atoms with Crippen LogP contribution in [0.1, 0.15) is 19.4 Å². The van der Waals surface area contributed by atoms with Gasteiger partial charge in [-0.2, -0.15) is 23.5 Å². The van der Waals surface area contributed by atoms with Gasteiger partial charge in [-0.15, -0.1) is 0 Å². The highest BCUT2D eigenvalue weighted by Gasteiger charge is 2.29. The first-order valence-corrected chi connectivity index (χ1v) is 9.22. The van der Waals surface area contributed by atoms with Gasteiger partial charge in [0.1, 0.15) is 5.82 Å². The molecule has 4 unspecified atom stereocenters. The SMILES string of the molecule is CC1SCC(C(N)Cc2cc(F)ccc2Br)SC1C. The fourth-order valence-electron chi connectivity index (χ4n) is 2.12. The Balaban J connectivity index is 2.01. The number of thioether (sulfide) groups is 2. The lowest BCUT2D eigenvalue weighted by molar-refractivity contribution is 0.616. The highest BCUT2D eigenvalue weighted by molar-refractivity contribution is 9.10. The van der Waals surface area contributed by atoms with Crippen LogP contribution >= 0.6 is 39.5 Å². The lowest BCUT2D eigenvalue weighted by atomic mass is 10.0. The maximum absolute atomic E-state index is 13.3. The van der Waals surface area contributed by atoms with Crippen LogP contribution in [0.4, 0.5) is 4.39 Å². The molecule has 0 aromatic heterocycles. The molecule has 0 saturated carbocycles. The monoisotopic (exact) mass is 363 g/mol. The average Bonchev–Trinajstić information content (AvgIpc) is 2.37. The Morgan fingerprint density at radius 2 is 2.16 bits per heavy atom. The van der Waals surface area contributed by atoms with Crippen LogP contribution in [0, 0.1) is 5.82 Å². The minimum absolute atomic E-state index is 0.0746. The van der Waals surface area contributed by atoms with Gasteiger partial charge < -0.3 is 5.73 Å². The highest BCUT2D eigenvalue weighted by Crippen LogP contribution is 2.37. The standard InChI is InChI=1S/C14H19BrFNS2/c1-8-9(2)19-14(7-18-8)13(17)6-10-5-11(16)3-4-12(10)15/h3-5,8-9,13-14H,6-7,17H2,1-2H3. The first-order valence-electron chi connectivity index (χ1n) is 6.44. The van der Waals surface area contributed by atoms with Crippen molar-refractivity contribution in [1.82, 2.24) is 0 Å². The molecule has 0 bridgehead atoms. The van der Waals surface area contributed by atoms with Gasteiger partial charge in [-0.1, -0.05) is 29.8 Å². The number of nitrogens with two attached hydrogens (primary N) is 1. The van der Waals surface area contributed by atoms with Crippen molar-refractivity contribution < 1.29 is 4.39 Å². The molecule has 1 aromatic rings. The van der Waals surface area contributed by atoms with E-state index in [2.05, 4.69) is 29.8 Å². The minimum Gasteiger partial charge on any atom is -0.326 e. The first-order chi connectivity index (χ1) is 8.97. The van der Waals surface area contributed by atoms with Crippen molar-refractivity contribution in [3.63, 3.8) is 0 Å².